The number of ether oxygens (including phenoxy) is 6. The number of benzene rings is 1. The Bertz CT molecular complexity index is 1100. The second kappa shape index (κ2) is 11.9. The van der Waals surface area contributed by atoms with Crippen LogP contribution in [0.3, 0.4) is 0 Å². The molecule has 4 rings (SSSR count). The summed E-state index contributed by atoms with van der Waals surface area (Å²) in [6.07, 6.45) is -8.23. The van der Waals surface area contributed by atoms with Crippen molar-refractivity contribution in [3.05, 3.63) is 41.7 Å². The van der Waals surface area contributed by atoms with E-state index in [1.54, 1.807) is 6.92 Å². The Kier molecular flexibility index (Phi) is 8.76. The molecule has 0 amide bonds. The largest absolute Gasteiger partial charge is 0.508 e. The fourth-order valence-corrected chi connectivity index (χ4v) is 5.22. The average molecular weight is 553 g/mol. The van der Waals surface area contributed by atoms with Crippen molar-refractivity contribution in [2.24, 2.45) is 17.8 Å². The molecule has 2 fully saturated rings. The fraction of sp³-hybridized carbons (Fsp3) is 0.577. The predicted molar refractivity (Wildman–Crippen MR) is 127 cm³/mol. The Morgan fingerprint density at radius 3 is 2.49 bits per heavy atom. The second-order valence-corrected chi connectivity index (χ2v) is 9.80. The van der Waals surface area contributed by atoms with Gasteiger partial charge in [0.05, 0.1) is 30.6 Å². The molecule has 2 aliphatic heterocycles. The first-order valence-corrected chi connectivity index (χ1v) is 12.4. The van der Waals surface area contributed by atoms with Crippen LogP contribution in [0, 0.1) is 17.8 Å². The van der Waals surface area contributed by atoms with E-state index < -0.39 is 85.4 Å². The Balaban J connectivity index is 1.61. The lowest BCUT2D eigenvalue weighted by atomic mass is 9.83. The standard InChI is InChI=1S/C26H32O13/c1-11-17(29)8-15-16(24(33)34-3)9-36-25(19(11)15)39-26-22(38-23(32)13-5-4-6-14(28)7-13)21(31)20(30)18(37-26)10-35-12(2)27/h4-7,9,11,15,17-22,25-26,28-31H,8,10H2,1-3H3. The molecule has 10 unspecified atom stereocenters. The Morgan fingerprint density at radius 1 is 1.08 bits per heavy atom. The van der Waals surface area contributed by atoms with Gasteiger partial charge in [0.25, 0.3) is 0 Å². The van der Waals surface area contributed by atoms with Crippen LogP contribution in [0.25, 0.3) is 0 Å². The topological polar surface area (TPSA) is 188 Å². The Morgan fingerprint density at radius 2 is 1.82 bits per heavy atom. The number of fused-ring (bicyclic) bond motifs is 1. The predicted octanol–water partition coefficient (Wildman–Crippen LogP) is -0.00970. The zero-order valence-corrected chi connectivity index (χ0v) is 21.5. The van der Waals surface area contributed by atoms with Crippen LogP contribution < -0.4 is 0 Å². The van der Waals surface area contributed by atoms with Gasteiger partial charge in [0.15, 0.2) is 6.10 Å². The Hall–Kier alpha value is -3.23. The number of aromatic hydroxyl groups is 1. The molecule has 0 aromatic heterocycles. The first-order chi connectivity index (χ1) is 18.5. The summed E-state index contributed by atoms with van der Waals surface area (Å²) in [6.45, 7) is 2.49. The molecule has 1 aromatic carbocycles. The van der Waals surface area contributed by atoms with E-state index in [0.29, 0.717) is 0 Å². The molecule has 1 aromatic rings. The summed E-state index contributed by atoms with van der Waals surface area (Å²) in [6, 6.07) is 5.31. The van der Waals surface area contributed by atoms with Crippen molar-refractivity contribution in [1.82, 2.24) is 0 Å². The van der Waals surface area contributed by atoms with Gasteiger partial charge in [-0.25, -0.2) is 9.59 Å². The second-order valence-electron chi connectivity index (χ2n) is 9.80. The van der Waals surface area contributed by atoms with Gasteiger partial charge in [0.2, 0.25) is 12.6 Å². The molecule has 13 nitrogen and oxygen atoms in total. The Labute approximate surface area is 223 Å². The van der Waals surface area contributed by atoms with Crippen LogP contribution in [-0.4, -0.2) is 95.2 Å². The van der Waals surface area contributed by atoms with E-state index in [2.05, 4.69) is 0 Å². The lowest BCUT2D eigenvalue weighted by Crippen LogP contribution is -2.61. The number of aliphatic hydroxyl groups excluding tert-OH is 3. The third-order valence-corrected chi connectivity index (χ3v) is 7.33. The molecule has 214 valence electrons. The molecule has 1 aliphatic carbocycles. The summed E-state index contributed by atoms with van der Waals surface area (Å²) in [4.78, 5) is 36.5. The number of phenols is 1. The van der Waals surface area contributed by atoms with E-state index in [0.717, 1.165) is 13.0 Å². The summed E-state index contributed by atoms with van der Waals surface area (Å²) in [7, 11) is 1.23. The molecule has 0 radical (unpaired) electrons. The SMILES string of the molecule is COC(=O)C1=COC(OC2OC(COC(C)=O)C(O)C(O)C2OC(=O)c2cccc(O)c2)C2C1CC(O)C2C. The number of carbonyl (C=O) groups excluding carboxylic acids is 3. The summed E-state index contributed by atoms with van der Waals surface area (Å²) < 4.78 is 32.8. The number of esters is 3. The van der Waals surface area contributed by atoms with E-state index >= 15 is 0 Å². The van der Waals surface area contributed by atoms with Gasteiger partial charge in [-0.3, -0.25) is 4.79 Å². The maximum absolute atomic E-state index is 12.8. The van der Waals surface area contributed by atoms with Crippen LogP contribution in [0.4, 0.5) is 0 Å². The molecule has 1 saturated heterocycles. The van der Waals surface area contributed by atoms with Crippen molar-refractivity contribution in [3.8, 4) is 5.75 Å². The monoisotopic (exact) mass is 552 g/mol. The van der Waals surface area contributed by atoms with Gasteiger partial charge in [-0.2, -0.15) is 0 Å². The molecular weight excluding hydrogens is 520 g/mol. The van der Waals surface area contributed by atoms with E-state index in [1.165, 1.54) is 31.6 Å². The first kappa shape index (κ1) is 28.8. The molecule has 10 atom stereocenters. The maximum Gasteiger partial charge on any atom is 0.338 e. The van der Waals surface area contributed by atoms with Crippen molar-refractivity contribution in [3.63, 3.8) is 0 Å². The van der Waals surface area contributed by atoms with Gasteiger partial charge < -0.3 is 48.8 Å². The molecule has 3 aliphatic rings. The molecule has 0 bridgehead atoms. The van der Waals surface area contributed by atoms with Crippen LogP contribution in [0.5, 0.6) is 5.75 Å². The van der Waals surface area contributed by atoms with Crippen LogP contribution in [0.2, 0.25) is 0 Å². The maximum atomic E-state index is 12.8. The fourth-order valence-electron chi connectivity index (χ4n) is 5.22. The number of aliphatic hydroxyl groups is 3. The van der Waals surface area contributed by atoms with E-state index in [1.807, 2.05) is 0 Å². The van der Waals surface area contributed by atoms with Gasteiger partial charge in [0, 0.05) is 18.8 Å². The molecular formula is C26H32O13. The van der Waals surface area contributed by atoms with Crippen LogP contribution in [-0.2, 0) is 38.0 Å². The van der Waals surface area contributed by atoms with E-state index in [9.17, 15) is 34.8 Å². The van der Waals surface area contributed by atoms with Gasteiger partial charge >= 0.3 is 17.9 Å². The first-order valence-electron chi connectivity index (χ1n) is 12.4. The highest BCUT2D eigenvalue weighted by Gasteiger charge is 2.54. The molecule has 39 heavy (non-hydrogen) atoms. The summed E-state index contributed by atoms with van der Waals surface area (Å²) in [5.74, 6) is -3.83. The molecule has 2 heterocycles. The van der Waals surface area contributed by atoms with Crippen molar-refractivity contribution >= 4 is 17.9 Å². The van der Waals surface area contributed by atoms with E-state index in [-0.39, 0.29) is 23.3 Å². The molecule has 0 spiro atoms. The third kappa shape index (κ3) is 6.02. The summed E-state index contributed by atoms with van der Waals surface area (Å²) >= 11 is 0. The highest BCUT2D eigenvalue weighted by Crippen LogP contribution is 2.47. The third-order valence-electron chi connectivity index (χ3n) is 7.33. The number of hydrogen-bond acceptors (Lipinski definition) is 13. The lowest BCUT2D eigenvalue weighted by molar-refractivity contribution is -0.341. The van der Waals surface area contributed by atoms with Crippen molar-refractivity contribution < 1.29 is 63.2 Å². The van der Waals surface area contributed by atoms with Gasteiger partial charge in [-0.05, 0) is 30.5 Å². The smallest absolute Gasteiger partial charge is 0.338 e. The number of rotatable bonds is 7. The van der Waals surface area contributed by atoms with Crippen LogP contribution in [0.1, 0.15) is 30.6 Å². The van der Waals surface area contributed by atoms with Crippen molar-refractivity contribution in [2.45, 2.75) is 63.4 Å². The van der Waals surface area contributed by atoms with Gasteiger partial charge in [0.1, 0.15) is 30.7 Å². The highest BCUT2D eigenvalue weighted by atomic mass is 16.8. The lowest BCUT2D eigenvalue weighted by Gasteiger charge is -2.44. The zero-order chi connectivity index (χ0) is 28.4. The minimum atomic E-state index is -1.74. The summed E-state index contributed by atoms with van der Waals surface area (Å²) in [5.41, 5.74) is 0.190. The number of phenolic OH excluding ortho intramolecular Hbond substituents is 1. The van der Waals surface area contributed by atoms with Crippen molar-refractivity contribution in [1.29, 1.82) is 0 Å². The molecule has 13 heteroatoms. The van der Waals surface area contributed by atoms with Gasteiger partial charge in [-0.1, -0.05) is 13.0 Å². The van der Waals surface area contributed by atoms with E-state index in [4.69, 9.17) is 28.4 Å². The van der Waals surface area contributed by atoms with Crippen molar-refractivity contribution in [2.75, 3.05) is 13.7 Å². The molecule has 4 N–H and O–H groups in total. The zero-order valence-electron chi connectivity index (χ0n) is 21.5. The minimum Gasteiger partial charge on any atom is -0.508 e. The number of methoxy groups -OCH3 is 1. The normalized spacial score (nSPS) is 35.7. The minimum absolute atomic E-state index is 0.0374. The average Bonchev–Trinajstić information content (AvgIpc) is 3.21. The van der Waals surface area contributed by atoms with Crippen LogP contribution in [0.15, 0.2) is 36.1 Å². The number of carbonyl (C=O) groups is 3. The van der Waals surface area contributed by atoms with Crippen LogP contribution >= 0.6 is 0 Å². The quantitative estimate of drug-likeness (QED) is 0.261. The highest BCUT2D eigenvalue weighted by molar-refractivity contribution is 5.90. The number of hydrogen-bond donors (Lipinski definition) is 4. The molecule has 1 saturated carbocycles. The van der Waals surface area contributed by atoms with Gasteiger partial charge in [-0.15, -0.1) is 0 Å². The summed E-state index contributed by atoms with van der Waals surface area (Å²) in [5, 5.41) is 41.8.